The first kappa shape index (κ1) is 14.6. The molecule has 1 aromatic rings. The minimum absolute atomic E-state index is 0.248. The number of carbonyl (C=O) groups excluding carboxylic acids is 1. The molecule has 4 heteroatoms. The van der Waals surface area contributed by atoms with Crippen molar-refractivity contribution in [3.8, 4) is 0 Å². The summed E-state index contributed by atoms with van der Waals surface area (Å²) >= 11 is 1.67. The third-order valence-electron chi connectivity index (χ3n) is 2.61. The van der Waals surface area contributed by atoms with Gasteiger partial charge in [-0.2, -0.15) is 0 Å². The predicted octanol–water partition coefficient (Wildman–Crippen LogP) is 3.18. The Bertz CT molecular complexity index is 455. The van der Waals surface area contributed by atoms with Gasteiger partial charge in [0.05, 0.1) is 7.11 Å². The Kier molecular flexibility index (Phi) is 5.78. The van der Waals surface area contributed by atoms with Crippen LogP contribution in [0.3, 0.4) is 0 Å². The van der Waals surface area contributed by atoms with Gasteiger partial charge in [-0.05, 0) is 31.0 Å². The first-order chi connectivity index (χ1) is 8.58. The maximum Gasteiger partial charge on any atom is 0.333 e. The number of thioether (sulfide) groups is 1. The van der Waals surface area contributed by atoms with E-state index in [1.54, 1.807) is 11.8 Å². The molecule has 0 aromatic heterocycles. The average Bonchev–Trinajstić information content (AvgIpc) is 2.37. The first-order valence-corrected chi connectivity index (χ1v) is 6.83. The monoisotopic (exact) mass is 265 g/mol. The van der Waals surface area contributed by atoms with Crippen LogP contribution < -0.4 is 5.73 Å². The quantitative estimate of drug-likeness (QED) is 0.384. The summed E-state index contributed by atoms with van der Waals surface area (Å²) in [5, 5.41) is 0. The van der Waals surface area contributed by atoms with Crippen LogP contribution in [0.2, 0.25) is 0 Å². The molecule has 1 aromatic carbocycles. The molecule has 18 heavy (non-hydrogen) atoms. The SMILES string of the molecule is CCC(=CCSc1cc(N)ccc1C)C(=O)OC. The van der Waals surface area contributed by atoms with Crippen molar-refractivity contribution in [3.63, 3.8) is 0 Å². The lowest BCUT2D eigenvalue weighted by Gasteiger charge is -2.06. The molecule has 0 aliphatic carbocycles. The summed E-state index contributed by atoms with van der Waals surface area (Å²) in [7, 11) is 1.40. The summed E-state index contributed by atoms with van der Waals surface area (Å²) in [6.07, 6.45) is 2.60. The van der Waals surface area contributed by atoms with Crippen molar-refractivity contribution in [1.29, 1.82) is 0 Å². The third-order valence-corrected chi connectivity index (χ3v) is 3.69. The third kappa shape index (κ3) is 4.11. The van der Waals surface area contributed by atoms with Crippen molar-refractivity contribution in [2.45, 2.75) is 25.2 Å². The lowest BCUT2D eigenvalue weighted by molar-refractivity contribution is -0.136. The van der Waals surface area contributed by atoms with Crippen LogP contribution >= 0.6 is 11.8 Å². The second-order valence-corrected chi connectivity index (χ2v) is 4.97. The van der Waals surface area contributed by atoms with Gasteiger partial charge in [0.2, 0.25) is 0 Å². The van der Waals surface area contributed by atoms with Crippen LogP contribution in [0, 0.1) is 6.92 Å². The van der Waals surface area contributed by atoms with Crippen LogP contribution in [0.5, 0.6) is 0 Å². The van der Waals surface area contributed by atoms with Crippen molar-refractivity contribution >= 4 is 23.4 Å². The molecule has 0 saturated carbocycles. The molecule has 0 saturated heterocycles. The zero-order chi connectivity index (χ0) is 13.5. The van der Waals surface area contributed by atoms with E-state index in [9.17, 15) is 4.79 Å². The van der Waals surface area contributed by atoms with Gasteiger partial charge in [-0.3, -0.25) is 0 Å². The predicted molar refractivity (Wildman–Crippen MR) is 76.7 cm³/mol. The highest BCUT2D eigenvalue weighted by atomic mass is 32.2. The van der Waals surface area contributed by atoms with Gasteiger partial charge in [0.15, 0.2) is 0 Å². The van der Waals surface area contributed by atoms with Crippen LogP contribution in [0.1, 0.15) is 18.9 Å². The van der Waals surface area contributed by atoms with Gasteiger partial charge in [-0.15, -0.1) is 11.8 Å². The maximum absolute atomic E-state index is 11.4. The molecular formula is C14H19NO2S. The van der Waals surface area contributed by atoms with Gasteiger partial charge in [0.25, 0.3) is 0 Å². The van der Waals surface area contributed by atoms with E-state index in [4.69, 9.17) is 10.5 Å². The normalized spacial score (nSPS) is 11.4. The number of rotatable bonds is 5. The fourth-order valence-corrected chi connectivity index (χ4v) is 2.49. The van der Waals surface area contributed by atoms with Crippen LogP contribution in [-0.4, -0.2) is 18.8 Å². The molecule has 0 aliphatic heterocycles. The Labute approximate surface area is 112 Å². The van der Waals surface area contributed by atoms with Gasteiger partial charge in [0, 0.05) is 21.9 Å². The Balaban J connectivity index is 2.67. The van der Waals surface area contributed by atoms with Crippen molar-refractivity contribution < 1.29 is 9.53 Å². The number of hydrogen-bond acceptors (Lipinski definition) is 4. The van der Waals surface area contributed by atoms with E-state index in [0.29, 0.717) is 12.0 Å². The summed E-state index contributed by atoms with van der Waals surface area (Å²) in [6.45, 7) is 3.99. The number of methoxy groups -OCH3 is 1. The van der Waals surface area contributed by atoms with E-state index in [1.807, 2.05) is 38.1 Å². The highest BCUT2D eigenvalue weighted by Gasteiger charge is 2.06. The molecule has 1 rings (SSSR count). The molecule has 3 nitrogen and oxygen atoms in total. The van der Waals surface area contributed by atoms with E-state index in [1.165, 1.54) is 12.7 Å². The van der Waals surface area contributed by atoms with E-state index < -0.39 is 0 Å². The molecule has 0 aliphatic rings. The number of hydrogen-bond donors (Lipinski definition) is 1. The molecule has 0 unspecified atom stereocenters. The minimum Gasteiger partial charge on any atom is -0.466 e. The average molecular weight is 265 g/mol. The molecular weight excluding hydrogens is 246 g/mol. The fourth-order valence-electron chi connectivity index (χ4n) is 1.51. The Morgan fingerprint density at radius 1 is 1.50 bits per heavy atom. The van der Waals surface area contributed by atoms with Crippen molar-refractivity contribution in [1.82, 2.24) is 0 Å². The largest absolute Gasteiger partial charge is 0.466 e. The number of nitrogens with two attached hydrogens (primary N) is 1. The van der Waals surface area contributed by atoms with Gasteiger partial charge in [-0.1, -0.05) is 19.1 Å². The highest BCUT2D eigenvalue weighted by molar-refractivity contribution is 7.99. The van der Waals surface area contributed by atoms with E-state index in [0.717, 1.165) is 16.3 Å². The number of benzene rings is 1. The highest BCUT2D eigenvalue weighted by Crippen LogP contribution is 2.25. The van der Waals surface area contributed by atoms with Crippen molar-refractivity contribution in [2.24, 2.45) is 0 Å². The molecule has 0 spiro atoms. The van der Waals surface area contributed by atoms with Crippen LogP contribution in [0.15, 0.2) is 34.7 Å². The number of nitrogen functional groups attached to an aromatic ring is 1. The standard InChI is InChI=1S/C14H19NO2S/c1-4-11(14(16)17-3)7-8-18-13-9-12(15)6-5-10(13)2/h5-7,9H,4,8,15H2,1-3H3. The Morgan fingerprint density at radius 2 is 2.22 bits per heavy atom. The number of carbonyl (C=O) groups is 1. The smallest absolute Gasteiger partial charge is 0.333 e. The zero-order valence-corrected chi connectivity index (χ0v) is 11.8. The second-order valence-electron chi connectivity index (χ2n) is 3.91. The molecule has 0 bridgehead atoms. The van der Waals surface area contributed by atoms with E-state index in [2.05, 4.69) is 0 Å². The van der Waals surface area contributed by atoms with Crippen molar-refractivity contribution in [2.75, 3.05) is 18.6 Å². The summed E-state index contributed by atoms with van der Waals surface area (Å²) in [4.78, 5) is 12.5. The second kappa shape index (κ2) is 7.11. The van der Waals surface area contributed by atoms with E-state index >= 15 is 0 Å². The van der Waals surface area contributed by atoms with Crippen LogP contribution in [0.4, 0.5) is 5.69 Å². The van der Waals surface area contributed by atoms with Crippen LogP contribution in [-0.2, 0) is 9.53 Å². The molecule has 0 atom stereocenters. The molecule has 0 radical (unpaired) electrons. The fraction of sp³-hybridized carbons (Fsp3) is 0.357. The molecule has 0 amide bonds. The summed E-state index contributed by atoms with van der Waals surface area (Å²) < 4.78 is 4.71. The first-order valence-electron chi connectivity index (χ1n) is 5.84. The molecule has 0 fully saturated rings. The van der Waals surface area contributed by atoms with Crippen LogP contribution in [0.25, 0.3) is 0 Å². The maximum atomic E-state index is 11.4. The number of esters is 1. The number of ether oxygens (including phenoxy) is 1. The summed E-state index contributed by atoms with van der Waals surface area (Å²) in [5.41, 5.74) is 8.42. The van der Waals surface area contributed by atoms with Crippen molar-refractivity contribution in [3.05, 3.63) is 35.4 Å². The van der Waals surface area contributed by atoms with Gasteiger partial charge in [-0.25, -0.2) is 4.79 Å². The topological polar surface area (TPSA) is 52.3 Å². The Hall–Kier alpha value is -1.42. The lowest BCUT2D eigenvalue weighted by Crippen LogP contribution is -2.04. The lowest BCUT2D eigenvalue weighted by atomic mass is 10.2. The van der Waals surface area contributed by atoms with E-state index in [-0.39, 0.29) is 5.97 Å². The molecule has 0 heterocycles. The zero-order valence-electron chi connectivity index (χ0n) is 11.0. The Morgan fingerprint density at radius 3 is 2.83 bits per heavy atom. The number of aryl methyl sites for hydroxylation is 1. The van der Waals surface area contributed by atoms with Gasteiger partial charge in [0.1, 0.15) is 0 Å². The molecule has 2 N–H and O–H groups in total. The minimum atomic E-state index is -0.248. The van der Waals surface area contributed by atoms with Gasteiger partial charge >= 0.3 is 5.97 Å². The van der Waals surface area contributed by atoms with Gasteiger partial charge < -0.3 is 10.5 Å². The molecule has 98 valence electrons. The number of anilines is 1. The summed E-state index contributed by atoms with van der Waals surface area (Å²) in [6, 6.07) is 5.85. The summed E-state index contributed by atoms with van der Waals surface area (Å²) in [5.74, 6) is 0.491.